The topological polar surface area (TPSA) is 119 Å². The van der Waals surface area contributed by atoms with Crippen molar-refractivity contribution in [1.29, 1.82) is 0 Å². The van der Waals surface area contributed by atoms with Gasteiger partial charge in [0.05, 0.1) is 0 Å². The van der Waals surface area contributed by atoms with E-state index in [1.54, 1.807) is 0 Å². The van der Waals surface area contributed by atoms with Crippen molar-refractivity contribution in [2.45, 2.75) is 187 Å². The van der Waals surface area contributed by atoms with E-state index in [2.05, 4.69) is 98.2 Å². The zero-order valence-corrected chi connectivity index (χ0v) is 34.3. The molecule has 0 aliphatic heterocycles. The lowest BCUT2D eigenvalue weighted by Crippen LogP contribution is -2.40. The number of hydrogen-bond donors (Lipinski definition) is 3. The number of hydrogen-bond acceptors (Lipinski definition) is 5. The molecule has 1 amide bonds. The molecule has 2 unspecified atom stereocenters. The standard InChI is InChI=1S/C47H78N2O5/c1-3-5-7-9-11-12-13-14-15-16-17-18-19-20-21-22-23-24-25-26-27-29-35-41-46(51)54-43(37-32-28-10-8-6-4-2)38-33-30-31-34-40-45(50)49-44(47(52)53)39-36-42-48/h5,7-8,10-12,14-15,17-18,20-21,32,37,43-44H,3-4,6,9,13,16,19,22-31,33-36,38-42,48H2,1-2H3,(H,49,50)(H,52,53)/b7-5-,10-8-,12-11-,15-14-,18-17-,21-20-,37-32-. The molecule has 0 spiro atoms. The molecule has 0 bridgehead atoms. The first-order chi connectivity index (χ1) is 26.4. The summed E-state index contributed by atoms with van der Waals surface area (Å²) in [5.74, 6) is -1.38. The van der Waals surface area contributed by atoms with Gasteiger partial charge < -0.3 is 20.9 Å². The summed E-state index contributed by atoms with van der Waals surface area (Å²) in [6, 6.07) is -0.878. The quantitative estimate of drug-likeness (QED) is 0.0330. The molecule has 0 aliphatic rings. The van der Waals surface area contributed by atoms with Gasteiger partial charge in [-0.15, -0.1) is 0 Å². The first-order valence-corrected chi connectivity index (χ1v) is 21.4. The Morgan fingerprint density at radius 1 is 0.574 bits per heavy atom. The lowest BCUT2D eigenvalue weighted by molar-refractivity contribution is -0.147. The van der Waals surface area contributed by atoms with Crippen LogP contribution in [0.5, 0.6) is 0 Å². The highest BCUT2D eigenvalue weighted by atomic mass is 16.5. The second-order valence-corrected chi connectivity index (χ2v) is 14.0. The van der Waals surface area contributed by atoms with Crippen molar-refractivity contribution in [3.63, 3.8) is 0 Å². The molecule has 306 valence electrons. The fourth-order valence-electron chi connectivity index (χ4n) is 5.73. The number of carboxylic acid groups (broad SMARTS) is 1. The van der Waals surface area contributed by atoms with E-state index in [0.717, 1.165) is 103 Å². The maximum atomic E-state index is 12.7. The third-order valence-corrected chi connectivity index (χ3v) is 8.91. The van der Waals surface area contributed by atoms with Crippen LogP contribution in [0.25, 0.3) is 0 Å². The van der Waals surface area contributed by atoms with E-state index >= 15 is 0 Å². The fraction of sp³-hybridized carbons (Fsp3) is 0.638. The predicted molar refractivity (Wildman–Crippen MR) is 229 cm³/mol. The molecule has 0 saturated heterocycles. The maximum Gasteiger partial charge on any atom is 0.326 e. The molecular weight excluding hydrogens is 673 g/mol. The van der Waals surface area contributed by atoms with Gasteiger partial charge in [0, 0.05) is 12.8 Å². The van der Waals surface area contributed by atoms with Crippen LogP contribution in [0.3, 0.4) is 0 Å². The van der Waals surface area contributed by atoms with Crippen molar-refractivity contribution in [1.82, 2.24) is 5.32 Å². The SMILES string of the molecule is CC/C=C\C/C=C\C/C=C\C/C=C\C/C=C\CCCCCCCCCC(=O)OC(/C=C\C/C=C\CCC)CCCCCCC(=O)NC(CCCN)C(=O)O. The van der Waals surface area contributed by atoms with Crippen LogP contribution in [0.15, 0.2) is 85.1 Å². The summed E-state index contributed by atoms with van der Waals surface area (Å²) in [4.78, 5) is 36.2. The van der Waals surface area contributed by atoms with Gasteiger partial charge >= 0.3 is 11.9 Å². The van der Waals surface area contributed by atoms with Crippen molar-refractivity contribution < 1.29 is 24.2 Å². The van der Waals surface area contributed by atoms with Crippen molar-refractivity contribution >= 4 is 17.8 Å². The normalized spacial score (nSPS) is 13.5. The molecular formula is C47H78N2O5. The number of ether oxygens (including phenoxy) is 1. The lowest BCUT2D eigenvalue weighted by Gasteiger charge is -2.15. The van der Waals surface area contributed by atoms with E-state index in [1.807, 2.05) is 6.08 Å². The Bertz CT molecular complexity index is 1120. The van der Waals surface area contributed by atoms with Crippen molar-refractivity contribution in [2.24, 2.45) is 5.73 Å². The minimum atomic E-state index is -1.02. The molecule has 0 fully saturated rings. The minimum Gasteiger partial charge on any atom is -0.480 e. The van der Waals surface area contributed by atoms with Crippen LogP contribution in [0.2, 0.25) is 0 Å². The third-order valence-electron chi connectivity index (χ3n) is 8.91. The maximum absolute atomic E-state index is 12.7. The summed E-state index contributed by atoms with van der Waals surface area (Å²) in [6.07, 6.45) is 53.7. The van der Waals surface area contributed by atoms with Gasteiger partial charge in [-0.3, -0.25) is 9.59 Å². The molecule has 0 aromatic carbocycles. The van der Waals surface area contributed by atoms with Gasteiger partial charge in [0.15, 0.2) is 0 Å². The van der Waals surface area contributed by atoms with Crippen LogP contribution in [-0.2, 0) is 19.1 Å². The number of amides is 1. The summed E-state index contributed by atoms with van der Waals surface area (Å²) in [6.45, 7) is 4.72. The van der Waals surface area contributed by atoms with Crippen LogP contribution >= 0.6 is 0 Å². The number of esters is 1. The largest absolute Gasteiger partial charge is 0.480 e. The van der Waals surface area contributed by atoms with Gasteiger partial charge in [0.1, 0.15) is 12.1 Å². The molecule has 2 atom stereocenters. The van der Waals surface area contributed by atoms with Crippen molar-refractivity contribution in [3.8, 4) is 0 Å². The molecule has 7 heteroatoms. The van der Waals surface area contributed by atoms with Gasteiger partial charge in [-0.1, -0.05) is 144 Å². The zero-order valence-electron chi connectivity index (χ0n) is 34.3. The first kappa shape index (κ1) is 50.5. The van der Waals surface area contributed by atoms with Gasteiger partial charge in [0.2, 0.25) is 5.91 Å². The number of aliphatic carboxylic acids is 1. The predicted octanol–water partition coefficient (Wildman–Crippen LogP) is 12.1. The molecule has 0 aromatic rings. The van der Waals surface area contributed by atoms with Crippen molar-refractivity contribution in [3.05, 3.63) is 85.1 Å². The highest BCUT2D eigenvalue weighted by molar-refractivity contribution is 5.83. The number of carbonyl (C=O) groups excluding carboxylic acids is 2. The Hall–Kier alpha value is -3.45. The fourth-order valence-corrected chi connectivity index (χ4v) is 5.73. The number of unbranched alkanes of at least 4 members (excludes halogenated alkanes) is 11. The highest BCUT2D eigenvalue weighted by Crippen LogP contribution is 2.15. The van der Waals surface area contributed by atoms with Gasteiger partial charge in [-0.05, 0) is 109 Å². The number of nitrogens with one attached hydrogen (secondary N) is 1. The van der Waals surface area contributed by atoms with Crippen LogP contribution in [-0.4, -0.2) is 41.6 Å². The molecule has 0 aromatic heterocycles. The van der Waals surface area contributed by atoms with Gasteiger partial charge in [0.25, 0.3) is 0 Å². The van der Waals surface area contributed by atoms with E-state index in [1.165, 1.54) is 25.7 Å². The third kappa shape index (κ3) is 36.9. The second kappa shape index (κ2) is 40.7. The van der Waals surface area contributed by atoms with Crippen LogP contribution in [0, 0.1) is 0 Å². The Morgan fingerprint density at radius 2 is 1.07 bits per heavy atom. The van der Waals surface area contributed by atoms with E-state index in [0.29, 0.717) is 38.6 Å². The summed E-state index contributed by atoms with van der Waals surface area (Å²) in [5.41, 5.74) is 5.47. The number of allylic oxidation sites excluding steroid dienone is 13. The van der Waals surface area contributed by atoms with E-state index in [9.17, 15) is 19.5 Å². The Labute approximate surface area is 330 Å². The van der Waals surface area contributed by atoms with Gasteiger partial charge in [-0.2, -0.15) is 0 Å². The average molecular weight is 751 g/mol. The van der Waals surface area contributed by atoms with Gasteiger partial charge in [-0.25, -0.2) is 4.79 Å². The Kier molecular flexibility index (Phi) is 38.1. The second-order valence-electron chi connectivity index (χ2n) is 14.0. The zero-order chi connectivity index (χ0) is 39.6. The molecule has 0 rings (SSSR count). The summed E-state index contributed by atoms with van der Waals surface area (Å²) >= 11 is 0. The number of nitrogens with two attached hydrogens (primary N) is 1. The molecule has 4 N–H and O–H groups in total. The summed E-state index contributed by atoms with van der Waals surface area (Å²) < 4.78 is 5.88. The van der Waals surface area contributed by atoms with E-state index in [-0.39, 0.29) is 18.0 Å². The van der Waals surface area contributed by atoms with E-state index < -0.39 is 12.0 Å². The highest BCUT2D eigenvalue weighted by Gasteiger charge is 2.19. The first-order valence-electron chi connectivity index (χ1n) is 21.4. The molecule has 54 heavy (non-hydrogen) atoms. The minimum absolute atomic E-state index is 0.123. The van der Waals surface area contributed by atoms with Crippen LogP contribution < -0.4 is 11.1 Å². The Morgan fingerprint density at radius 3 is 1.65 bits per heavy atom. The summed E-state index contributed by atoms with van der Waals surface area (Å²) in [7, 11) is 0. The monoisotopic (exact) mass is 751 g/mol. The molecule has 0 heterocycles. The lowest BCUT2D eigenvalue weighted by atomic mass is 10.1. The molecule has 0 saturated carbocycles. The molecule has 0 radical (unpaired) electrons. The summed E-state index contributed by atoms with van der Waals surface area (Å²) in [5, 5.41) is 11.9. The average Bonchev–Trinajstić information content (AvgIpc) is 3.16. The Balaban J connectivity index is 4.14. The molecule has 0 aliphatic carbocycles. The number of rotatable bonds is 37. The van der Waals surface area contributed by atoms with Crippen molar-refractivity contribution in [2.75, 3.05) is 6.54 Å². The smallest absolute Gasteiger partial charge is 0.326 e. The number of carboxylic acids is 1. The van der Waals surface area contributed by atoms with Crippen LogP contribution in [0.1, 0.15) is 174 Å². The number of carbonyl (C=O) groups is 3. The van der Waals surface area contributed by atoms with E-state index in [4.69, 9.17) is 10.5 Å². The van der Waals surface area contributed by atoms with Crippen LogP contribution in [0.4, 0.5) is 0 Å². The molecule has 7 nitrogen and oxygen atoms in total.